The van der Waals surface area contributed by atoms with Gasteiger partial charge in [0.2, 0.25) is 0 Å². The van der Waals surface area contributed by atoms with E-state index in [0.717, 1.165) is 6.54 Å². The zero-order valence-electron chi connectivity index (χ0n) is 10.8. The summed E-state index contributed by atoms with van der Waals surface area (Å²) >= 11 is 0. The second-order valence-corrected chi connectivity index (χ2v) is 5.31. The van der Waals surface area contributed by atoms with E-state index in [0.29, 0.717) is 25.0 Å². The van der Waals surface area contributed by atoms with Crippen LogP contribution in [0.2, 0.25) is 0 Å². The molecule has 0 saturated carbocycles. The molecule has 0 radical (unpaired) electrons. The molecule has 0 spiro atoms. The summed E-state index contributed by atoms with van der Waals surface area (Å²) in [6.07, 6.45) is 2.73. The second kappa shape index (κ2) is 5.81. The Labute approximate surface area is 103 Å². The first kappa shape index (κ1) is 12.8. The highest BCUT2D eigenvalue weighted by molar-refractivity contribution is 4.83. The monoisotopic (exact) mass is 238 g/mol. The number of likely N-dealkylation sites (tertiary alicyclic amines) is 1. The van der Waals surface area contributed by atoms with Crippen molar-refractivity contribution in [2.24, 2.45) is 5.92 Å². The molecule has 0 amide bonds. The highest BCUT2D eigenvalue weighted by Gasteiger charge is 2.35. The van der Waals surface area contributed by atoms with E-state index < -0.39 is 0 Å². The molecule has 0 bridgehead atoms. The topological polar surface area (TPSA) is 45.5 Å². The van der Waals surface area contributed by atoms with Crippen LogP contribution in [0.15, 0.2) is 0 Å². The SMILES string of the molecule is CC(C)N1CCCC(C2OCC(CC#N)O2)C1. The van der Waals surface area contributed by atoms with Gasteiger partial charge < -0.3 is 14.4 Å². The van der Waals surface area contributed by atoms with Crippen LogP contribution < -0.4 is 0 Å². The van der Waals surface area contributed by atoms with Gasteiger partial charge in [-0.2, -0.15) is 5.26 Å². The Morgan fingerprint density at radius 2 is 2.29 bits per heavy atom. The van der Waals surface area contributed by atoms with Crippen LogP contribution in [0.4, 0.5) is 0 Å². The molecule has 2 aliphatic heterocycles. The van der Waals surface area contributed by atoms with Gasteiger partial charge in [-0.05, 0) is 33.2 Å². The average Bonchev–Trinajstić information content (AvgIpc) is 2.78. The predicted octanol–water partition coefficient (Wildman–Crippen LogP) is 1.76. The van der Waals surface area contributed by atoms with Gasteiger partial charge in [-0.3, -0.25) is 0 Å². The van der Waals surface area contributed by atoms with E-state index in [4.69, 9.17) is 14.7 Å². The van der Waals surface area contributed by atoms with Gasteiger partial charge in [0, 0.05) is 18.5 Å². The van der Waals surface area contributed by atoms with Gasteiger partial charge in [-0.15, -0.1) is 0 Å². The van der Waals surface area contributed by atoms with Crippen LogP contribution in [0.3, 0.4) is 0 Å². The fourth-order valence-corrected chi connectivity index (χ4v) is 2.66. The van der Waals surface area contributed by atoms with E-state index in [1.807, 2.05) is 0 Å². The number of ether oxygens (including phenoxy) is 2. The van der Waals surface area contributed by atoms with Gasteiger partial charge >= 0.3 is 0 Å². The highest BCUT2D eigenvalue weighted by atomic mass is 16.7. The minimum Gasteiger partial charge on any atom is -0.350 e. The summed E-state index contributed by atoms with van der Waals surface area (Å²) in [5.74, 6) is 0.467. The number of nitrogens with zero attached hydrogens (tertiary/aromatic N) is 2. The van der Waals surface area contributed by atoms with E-state index in [1.54, 1.807) is 0 Å². The molecule has 2 aliphatic rings. The molecule has 3 unspecified atom stereocenters. The van der Waals surface area contributed by atoms with Gasteiger partial charge in [-0.25, -0.2) is 0 Å². The van der Waals surface area contributed by atoms with Crippen molar-refractivity contribution in [1.29, 1.82) is 5.26 Å². The molecule has 0 aliphatic carbocycles. The quantitative estimate of drug-likeness (QED) is 0.751. The number of piperidine rings is 1. The van der Waals surface area contributed by atoms with Crippen LogP contribution in [0.25, 0.3) is 0 Å². The summed E-state index contributed by atoms with van der Waals surface area (Å²) in [5.41, 5.74) is 0. The molecule has 2 fully saturated rings. The lowest BCUT2D eigenvalue weighted by Crippen LogP contribution is -2.44. The zero-order chi connectivity index (χ0) is 12.3. The lowest BCUT2D eigenvalue weighted by molar-refractivity contribution is -0.113. The van der Waals surface area contributed by atoms with Crippen LogP contribution in [0.5, 0.6) is 0 Å². The van der Waals surface area contributed by atoms with Crippen molar-refractivity contribution in [2.75, 3.05) is 19.7 Å². The van der Waals surface area contributed by atoms with E-state index in [-0.39, 0.29) is 12.4 Å². The second-order valence-electron chi connectivity index (χ2n) is 5.31. The first-order valence-corrected chi connectivity index (χ1v) is 6.58. The van der Waals surface area contributed by atoms with Crippen molar-refractivity contribution in [3.8, 4) is 6.07 Å². The van der Waals surface area contributed by atoms with Crippen molar-refractivity contribution in [1.82, 2.24) is 4.90 Å². The van der Waals surface area contributed by atoms with Gasteiger partial charge in [-0.1, -0.05) is 0 Å². The Kier molecular flexibility index (Phi) is 4.38. The first-order valence-electron chi connectivity index (χ1n) is 6.58. The van der Waals surface area contributed by atoms with Crippen molar-refractivity contribution in [3.63, 3.8) is 0 Å². The maximum Gasteiger partial charge on any atom is 0.162 e. The lowest BCUT2D eigenvalue weighted by atomic mass is 9.96. The summed E-state index contributed by atoms with van der Waals surface area (Å²) < 4.78 is 11.5. The number of hydrogen-bond acceptors (Lipinski definition) is 4. The zero-order valence-corrected chi connectivity index (χ0v) is 10.8. The molecule has 2 heterocycles. The smallest absolute Gasteiger partial charge is 0.162 e. The molecule has 0 aromatic carbocycles. The Morgan fingerprint density at radius 1 is 1.47 bits per heavy atom. The highest BCUT2D eigenvalue weighted by Crippen LogP contribution is 2.28. The number of hydrogen-bond donors (Lipinski definition) is 0. The predicted molar refractivity (Wildman–Crippen MR) is 64.3 cm³/mol. The van der Waals surface area contributed by atoms with Crippen molar-refractivity contribution >= 4 is 0 Å². The van der Waals surface area contributed by atoms with Gasteiger partial charge in [0.15, 0.2) is 6.29 Å². The van der Waals surface area contributed by atoms with Gasteiger partial charge in [0.25, 0.3) is 0 Å². The van der Waals surface area contributed by atoms with Crippen LogP contribution in [-0.2, 0) is 9.47 Å². The van der Waals surface area contributed by atoms with Crippen LogP contribution in [0.1, 0.15) is 33.1 Å². The van der Waals surface area contributed by atoms with Crippen molar-refractivity contribution < 1.29 is 9.47 Å². The molecule has 0 aromatic heterocycles. The lowest BCUT2D eigenvalue weighted by Gasteiger charge is -2.37. The van der Waals surface area contributed by atoms with E-state index in [9.17, 15) is 0 Å². The third kappa shape index (κ3) is 3.19. The average molecular weight is 238 g/mol. The molecule has 2 rings (SSSR count). The van der Waals surface area contributed by atoms with E-state index in [2.05, 4.69) is 24.8 Å². The van der Waals surface area contributed by atoms with Crippen LogP contribution in [0, 0.1) is 17.2 Å². The molecule has 3 atom stereocenters. The normalized spacial score (nSPS) is 35.1. The first-order chi connectivity index (χ1) is 8.20. The third-order valence-electron chi connectivity index (χ3n) is 3.70. The van der Waals surface area contributed by atoms with E-state index >= 15 is 0 Å². The third-order valence-corrected chi connectivity index (χ3v) is 3.70. The molecule has 4 nitrogen and oxygen atoms in total. The maximum absolute atomic E-state index is 8.64. The Bertz CT molecular complexity index is 288. The van der Waals surface area contributed by atoms with Crippen molar-refractivity contribution in [2.45, 2.75) is 51.5 Å². The number of nitriles is 1. The molecule has 0 N–H and O–H groups in total. The minimum absolute atomic E-state index is 0.0144. The summed E-state index contributed by atoms with van der Waals surface area (Å²) in [6.45, 7) is 7.29. The summed E-state index contributed by atoms with van der Waals surface area (Å²) in [6, 6.07) is 2.74. The summed E-state index contributed by atoms with van der Waals surface area (Å²) in [7, 11) is 0. The van der Waals surface area contributed by atoms with Crippen LogP contribution in [-0.4, -0.2) is 43.0 Å². The molecule has 17 heavy (non-hydrogen) atoms. The Morgan fingerprint density at radius 3 is 3.00 bits per heavy atom. The molecular weight excluding hydrogens is 216 g/mol. The maximum atomic E-state index is 8.64. The fraction of sp³-hybridized carbons (Fsp3) is 0.923. The molecule has 96 valence electrons. The molecule has 0 aromatic rings. The molecule has 2 saturated heterocycles. The van der Waals surface area contributed by atoms with Crippen LogP contribution >= 0.6 is 0 Å². The standard InChI is InChI=1S/C13H22N2O2/c1-10(2)15-7-3-4-11(8-15)13-16-9-12(17-13)5-6-14/h10-13H,3-5,7-9H2,1-2H3. The summed E-state index contributed by atoms with van der Waals surface area (Å²) in [5, 5.41) is 8.64. The summed E-state index contributed by atoms with van der Waals surface area (Å²) in [4.78, 5) is 2.48. The largest absolute Gasteiger partial charge is 0.350 e. The molecule has 4 heteroatoms. The Balaban J connectivity index is 1.84. The van der Waals surface area contributed by atoms with Gasteiger partial charge in [0.1, 0.15) is 0 Å². The molecular formula is C13H22N2O2. The van der Waals surface area contributed by atoms with Crippen molar-refractivity contribution in [3.05, 3.63) is 0 Å². The Hall–Kier alpha value is -0.630. The van der Waals surface area contributed by atoms with E-state index in [1.165, 1.54) is 19.4 Å². The van der Waals surface area contributed by atoms with Gasteiger partial charge in [0.05, 0.1) is 25.2 Å². The fourth-order valence-electron chi connectivity index (χ4n) is 2.66. The number of rotatable bonds is 3. The minimum atomic E-state index is -0.0881.